The summed E-state index contributed by atoms with van der Waals surface area (Å²) in [5, 5.41) is 14.1. The van der Waals surface area contributed by atoms with Gasteiger partial charge in [0.25, 0.3) is 0 Å². The average molecular weight is 287 g/mol. The molecule has 0 saturated heterocycles. The number of hydrogen-bond acceptors (Lipinski definition) is 3. The summed E-state index contributed by atoms with van der Waals surface area (Å²) in [5.74, 6) is -1.72. The first-order valence-electron chi connectivity index (χ1n) is 6.55. The number of nitrogens with zero attached hydrogens (tertiary/aromatic N) is 1. The number of hydrogen-bond donors (Lipinski definition) is 3. The molecule has 1 atom stereocenters. The van der Waals surface area contributed by atoms with Gasteiger partial charge in [-0.3, -0.25) is 9.59 Å². The summed E-state index contributed by atoms with van der Waals surface area (Å²) in [6.45, 7) is 7.50. The van der Waals surface area contributed by atoms with Gasteiger partial charge in [0, 0.05) is 32.1 Å². The van der Waals surface area contributed by atoms with E-state index >= 15 is 0 Å². The normalized spacial score (nSPS) is 12.4. The zero-order valence-electron chi connectivity index (χ0n) is 12.8. The summed E-state index contributed by atoms with van der Waals surface area (Å²) < 4.78 is 0. The van der Waals surface area contributed by atoms with Crippen molar-refractivity contribution in [1.29, 1.82) is 0 Å². The van der Waals surface area contributed by atoms with Crippen LogP contribution in [0.5, 0.6) is 0 Å². The molecule has 0 aromatic carbocycles. The van der Waals surface area contributed by atoms with Crippen molar-refractivity contribution in [2.75, 3.05) is 20.1 Å². The third-order valence-corrected chi connectivity index (χ3v) is 2.46. The number of carboxylic acid groups (broad SMARTS) is 1. The topological polar surface area (TPSA) is 98.7 Å². The summed E-state index contributed by atoms with van der Waals surface area (Å²) in [5.41, 5.74) is -0.297. The van der Waals surface area contributed by atoms with Crippen molar-refractivity contribution >= 4 is 17.9 Å². The van der Waals surface area contributed by atoms with E-state index in [2.05, 4.69) is 10.6 Å². The van der Waals surface area contributed by atoms with Crippen molar-refractivity contribution in [2.45, 2.75) is 39.7 Å². The Bertz CT molecular complexity index is 363. The van der Waals surface area contributed by atoms with Crippen LogP contribution in [0.1, 0.15) is 34.1 Å². The number of aliphatic carboxylic acids is 1. The van der Waals surface area contributed by atoms with E-state index in [1.54, 1.807) is 0 Å². The van der Waals surface area contributed by atoms with Gasteiger partial charge in [0.1, 0.15) is 0 Å². The van der Waals surface area contributed by atoms with Crippen LogP contribution in [0.4, 0.5) is 4.79 Å². The number of carbonyl (C=O) groups is 3. The molecular formula is C13H25N3O4. The van der Waals surface area contributed by atoms with Crippen molar-refractivity contribution in [3.63, 3.8) is 0 Å². The molecule has 0 aliphatic rings. The minimum absolute atomic E-state index is 0.120. The molecule has 0 radical (unpaired) electrons. The van der Waals surface area contributed by atoms with Crippen molar-refractivity contribution in [1.82, 2.24) is 15.5 Å². The van der Waals surface area contributed by atoms with Crippen LogP contribution in [-0.4, -0.2) is 53.6 Å². The Morgan fingerprint density at radius 2 is 1.80 bits per heavy atom. The van der Waals surface area contributed by atoms with E-state index in [-0.39, 0.29) is 37.0 Å². The standard InChI is InChI=1S/C13H25N3O4/c1-9(11(18)19)8-16(5)12(20)14-7-6-10(17)15-13(2,3)4/h9H,6-8H2,1-5H3,(H,14,20)(H,15,17)(H,18,19). The summed E-state index contributed by atoms with van der Waals surface area (Å²) in [7, 11) is 1.52. The van der Waals surface area contributed by atoms with Crippen LogP contribution in [0.3, 0.4) is 0 Å². The molecule has 0 saturated carbocycles. The molecule has 0 aliphatic carbocycles. The van der Waals surface area contributed by atoms with E-state index in [0.717, 1.165) is 0 Å². The summed E-state index contributed by atoms with van der Waals surface area (Å²) in [4.78, 5) is 35.2. The van der Waals surface area contributed by atoms with Gasteiger partial charge in [-0.05, 0) is 20.8 Å². The van der Waals surface area contributed by atoms with Crippen LogP contribution in [0, 0.1) is 5.92 Å². The van der Waals surface area contributed by atoms with Gasteiger partial charge in [-0.25, -0.2) is 4.79 Å². The highest BCUT2D eigenvalue weighted by Gasteiger charge is 2.17. The second-order valence-corrected chi connectivity index (χ2v) is 5.90. The molecule has 0 aliphatic heterocycles. The Balaban J connectivity index is 3.99. The highest BCUT2D eigenvalue weighted by Crippen LogP contribution is 2.00. The predicted octanol–water partition coefficient (Wildman–Crippen LogP) is 0.653. The molecule has 1 unspecified atom stereocenters. The number of rotatable bonds is 6. The molecule has 3 N–H and O–H groups in total. The zero-order chi connectivity index (χ0) is 15.9. The highest BCUT2D eigenvalue weighted by atomic mass is 16.4. The molecular weight excluding hydrogens is 262 g/mol. The summed E-state index contributed by atoms with van der Waals surface area (Å²) >= 11 is 0. The van der Waals surface area contributed by atoms with E-state index in [1.165, 1.54) is 18.9 Å². The fraction of sp³-hybridized carbons (Fsp3) is 0.769. The lowest BCUT2D eigenvalue weighted by Gasteiger charge is -2.22. The molecule has 0 heterocycles. The Hall–Kier alpha value is -1.79. The van der Waals surface area contributed by atoms with Crippen molar-refractivity contribution in [3.8, 4) is 0 Å². The number of urea groups is 1. The Morgan fingerprint density at radius 1 is 1.25 bits per heavy atom. The van der Waals surface area contributed by atoms with Crippen molar-refractivity contribution < 1.29 is 19.5 Å². The van der Waals surface area contributed by atoms with E-state index in [9.17, 15) is 14.4 Å². The number of carboxylic acids is 1. The van der Waals surface area contributed by atoms with Crippen LogP contribution in [-0.2, 0) is 9.59 Å². The minimum Gasteiger partial charge on any atom is -0.481 e. The van der Waals surface area contributed by atoms with Gasteiger partial charge in [0.2, 0.25) is 5.91 Å². The predicted molar refractivity (Wildman–Crippen MR) is 75.3 cm³/mol. The van der Waals surface area contributed by atoms with Crippen molar-refractivity contribution in [2.24, 2.45) is 5.92 Å². The molecule has 20 heavy (non-hydrogen) atoms. The lowest BCUT2D eigenvalue weighted by molar-refractivity contribution is -0.141. The van der Waals surface area contributed by atoms with E-state index in [0.29, 0.717) is 0 Å². The Morgan fingerprint density at radius 3 is 2.25 bits per heavy atom. The highest BCUT2D eigenvalue weighted by molar-refractivity contribution is 5.79. The molecule has 7 nitrogen and oxygen atoms in total. The SMILES string of the molecule is CC(CN(C)C(=O)NCCC(=O)NC(C)(C)C)C(=O)O. The Labute approximate surface area is 119 Å². The number of carbonyl (C=O) groups excluding carboxylic acids is 2. The molecule has 116 valence electrons. The van der Waals surface area contributed by atoms with E-state index < -0.39 is 11.9 Å². The minimum atomic E-state index is -0.950. The second kappa shape index (κ2) is 7.72. The van der Waals surface area contributed by atoms with Gasteiger partial charge in [0.05, 0.1) is 5.92 Å². The van der Waals surface area contributed by atoms with E-state index in [1.807, 2.05) is 20.8 Å². The third-order valence-electron chi connectivity index (χ3n) is 2.46. The quantitative estimate of drug-likeness (QED) is 0.668. The smallest absolute Gasteiger partial charge is 0.317 e. The maximum absolute atomic E-state index is 11.7. The van der Waals surface area contributed by atoms with Crippen LogP contribution in [0.15, 0.2) is 0 Å². The Kier molecular flexibility index (Phi) is 7.02. The molecule has 0 aromatic rings. The fourth-order valence-electron chi connectivity index (χ4n) is 1.47. The van der Waals surface area contributed by atoms with Crippen LogP contribution < -0.4 is 10.6 Å². The molecule has 0 aromatic heterocycles. The molecule has 0 rings (SSSR count). The largest absolute Gasteiger partial charge is 0.481 e. The first kappa shape index (κ1) is 18.2. The van der Waals surface area contributed by atoms with Gasteiger partial charge < -0.3 is 20.6 Å². The summed E-state index contributed by atoms with van der Waals surface area (Å²) in [6, 6.07) is -0.387. The maximum Gasteiger partial charge on any atom is 0.317 e. The van der Waals surface area contributed by atoms with Gasteiger partial charge >= 0.3 is 12.0 Å². The average Bonchev–Trinajstić information content (AvgIpc) is 2.25. The lowest BCUT2D eigenvalue weighted by atomic mass is 10.1. The molecule has 0 spiro atoms. The van der Waals surface area contributed by atoms with Gasteiger partial charge in [0.15, 0.2) is 0 Å². The first-order valence-corrected chi connectivity index (χ1v) is 6.55. The van der Waals surface area contributed by atoms with Crippen molar-refractivity contribution in [3.05, 3.63) is 0 Å². The van der Waals surface area contributed by atoms with Crippen LogP contribution in [0.25, 0.3) is 0 Å². The first-order chi connectivity index (χ1) is 9.03. The second-order valence-electron chi connectivity index (χ2n) is 5.90. The third kappa shape index (κ3) is 8.34. The zero-order valence-corrected chi connectivity index (χ0v) is 12.8. The lowest BCUT2D eigenvalue weighted by Crippen LogP contribution is -2.44. The number of amides is 3. The maximum atomic E-state index is 11.7. The molecule has 7 heteroatoms. The van der Waals surface area contributed by atoms with Gasteiger partial charge in [-0.15, -0.1) is 0 Å². The van der Waals surface area contributed by atoms with Crippen LogP contribution >= 0.6 is 0 Å². The molecule has 0 bridgehead atoms. The monoisotopic (exact) mass is 287 g/mol. The molecule has 3 amide bonds. The fourth-order valence-corrected chi connectivity index (χ4v) is 1.47. The summed E-state index contributed by atoms with van der Waals surface area (Å²) in [6.07, 6.45) is 0.186. The molecule has 0 fully saturated rings. The van der Waals surface area contributed by atoms with Gasteiger partial charge in [-0.2, -0.15) is 0 Å². The number of nitrogens with one attached hydrogen (secondary N) is 2. The van der Waals surface area contributed by atoms with E-state index in [4.69, 9.17) is 5.11 Å². The van der Waals surface area contributed by atoms with Gasteiger partial charge in [-0.1, -0.05) is 6.92 Å². The van der Waals surface area contributed by atoms with Crippen LogP contribution in [0.2, 0.25) is 0 Å².